The van der Waals surface area contributed by atoms with E-state index in [2.05, 4.69) is 9.97 Å². The highest BCUT2D eigenvalue weighted by atomic mass is 32.1. The van der Waals surface area contributed by atoms with Gasteiger partial charge in [0.25, 0.3) is 0 Å². The number of thiazole rings is 1. The SMILES string of the molecule is CCOC(=O)c1csc(N(C)c2cccnc2)n1. The minimum absolute atomic E-state index is 0.340. The lowest BCUT2D eigenvalue weighted by atomic mass is 10.4. The third-order valence-electron chi connectivity index (χ3n) is 2.30. The van der Waals surface area contributed by atoms with Crippen molar-refractivity contribution in [3.8, 4) is 0 Å². The molecule has 94 valence electrons. The Morgan fingerprint density at radius 2 is 2.39 bits per heavy atom. The van der Waals surface area contributed by atoms with E-state index in [9.17, 15) is 4.79 Å². The van der Waals surface area contributed by atoms with Crippen LogP contribution in [0.1, 0.15) is 17.4 Å². The topological polar surface area (TPSA) is 55.3 Å². The lowest BCUT2D eigenvalue weighted by Crippen LogP contribution is -2.10. The van der Waals surface area contributed by atoms with Gasteiger partial charge in [0, 0.05) is 18.6 Å². The van der Waals surface area contributed by atoms with Crippen molar-refractivity contribution in [3.63, 3.8) is 0 Å². The van der Waals surface area contributed by atoms with E-state index >= 15 is 0 Å². The number of anilines is 2. The number of aromatic nitrogens is 2. The predicted octanol–water partition coefficient (Wildman–Crippen LogP) is 2.48. The fraction of sp³-hybridized carbons (Fsp3) is 0.250. The van der Waals surface area contributed by atoms with Crippen molar-refractivity contribution in [2.45, 2.75) is 6.92 Å². The number of carbonyl (C=O) groups excluding carboxylic acids is 1. The van der Waals surface area contributed by atoms with Crippen molar-refractivity contribution >= 4 is 28.1 Å². The maximum absolute atomic E-state index is 11.5. The number of rotatable bonds is 4. The second-order valence-corrected chi connectivity index (χ2v) is 4.34. The molecule has 2 rings (SSSR count). The molecular formula is C12H13N3O2S. The molecule has 0 aliphatic rings. The van der Waals surface area contributed by atoms with Crippen molar-refractivity contribution < 1.29 is 9.53 Å². The lowest BCUT2D eigenvalue weighted by molar-refractivity contribution is 0.0520. The van der Waals surface area contributed by atoms with E-state index in [0.29, 0.717) is 12.3 Å². The van der Waals surface area contributed by atoms with Crippen molar-refractivity contribution in [1.82, 2.24) is 9.97 Å². The molecule has 18 heavy (non-hydrogen) atoms. The quantitative estimate of drug-likeness (QED) is 0.793. The maximum Gasteiger partial charge on any atom is 0.357 e. The average molecular weight is 263 g/mol. The molecule has 5 nitrogen and oxygen atoms in total. The molecule has 0 aromatic carbocycles. The summed E-state index contributed by atoms with van der Waals surface area (Å²) in [7, 11) is 1.88. The first-order chi connectivity index (χ1) is 8.72. The third kappa shape index (κ3) is 2.65. The van der Waals surface area contributed by atoms with E-state index in [1.807, 2.05) is 24.1 Å². The van der Waals surface area contributed by atoms with Crippen LogP contribution in [0.2, 0.25) is 0 Å². The average Bonchev–Trinajstić information content (AvgIpc) is 2.89. The van der Waals surface area contributed by atoms with Gasteiger partial charge in [-0.15, -0.1) is 11.3 Å². The Labute approximate surface area is 109 Å². The molecule has 0 amide bonds. The van der Waals surface area contributed by atoms with Crippen molar-refractivity contribution in [2.24, 2.45) is 0 Å². The van der Waals surface area contributed by atoms with Crippen LogP contribution in [0.4, 0.5) is 10.8 Å². The van der Waals surface area contributed by atoms with Gasteiger partial charge in [-0.25, -0.2) is 9.78 Å². The predicted molar refractivity (Wildman–Crippen MR) is 70.4 cm³/mol. The largest absolute Gasteiger partial charge is 0.461 e. The second kappa shape index (κ2) is 5.59. The highest BCUT2D eigenvalue weighted by Crippen LogP contribution is 2.26. The van der Waals surface area contributed by atoms with Crippen LogP contribution in [0.3, 0.4) is 0 Å². The van der Waals surface area contributed by atoms with E-state index in [0.717, 1.165) is 10.8 Å². The van der Waals surface area contributed by atoms with Gasteiger partial charge >= 0.3 is 5.97 Å². The maximum atomic E-state index is 11.5. The van der Waals surface area contributed by atoms with Crippen LogP contribution < -0.4 is 4.90 Å². The van der Waals surface area contributed by atoms with Crippen LogP contribution in [0.25, 0.3) is 0 Å². The van der Waals surface area contributed by atoms with Gasteiger partial charge in [0.1, 0.15) is 0 Å². The summed E-state index contributed by atoms with van der Waals surface area (Å²) in [5.41, 5.74) is 1.26. The summed E-state index contributed by atoms with van der Waals surface area (Å²) in [5.74, 6) is -0.389. The molecule has 2 aromatic rings. The first-order valence-corrected chi connectivity index (χ1v) is 6.36. The van der Waals surface area contributed by atoms with Gasteiger partial charge < -0.3 is 9.64 Å². The Hall–Kier alpha value is -1.95. The molecule has 2 heterocycles. The molecule has 0 aliphatic carbocycles. The van der Waals surface area contributed by atoms with Gasteiger partial charge in [-0.1, -0.05) is 0 Å². The zero-order valence-electron chi connectivity index (χ0n) is 10.2. The summed E-state index contributed by atoms with van der Waals surface area (Å²) in [4.78, 5) is 21.7. The van der Waals surface area contributed by atoms with Crippen molar-refractivity contribution in [2.75, 3.05) is 18.6 Å². The highest BCUT2D eigenvalue weighted by molar-refractivity contribution is 7.14. The minimum Gasteiger partial charge on any atom is -0.461 e. The smallest absolute Gasteiger partial charge is 0.357 e. The van der Waals surface area contributed by atoms with E-state index < -0.39 is 0 Å². The Bertz CT molecular complexity index is 527. The fourth-order valence-electron chi connectivity index (χ4n) is 1.38. The van der Waals surface area contributed by atoms with E-state index in [-0.39, 0.29) is 5.97 Å². The molecule has 0 unspecified atom stereocenters. The van der Waals surface area contributed by atoms with Gasteiger partial charge in [0.05, 0.1) is 18.5 Å². The highest BCUT2D eigenvalue weighted by Gasteiger charge is 2.14. The number of nitrogens with zero attached hydrogens (tertiary/aromatic N) is 3. The second-order valence-electron chi connectivity index (χ2n) is 3.51. The normalized spacial score (nSPS) is 10.1. The zero-order chi connectivity index (χ0) is 13.0. The molecular weight excluding hydrogens is 250 g/mol. The van der Waals surface area contributed by atoms with Crippen molar-refractivity contribution in [3.05, 3.63) is 35.6 Å². The molecule has 0 saturated carbocycles. The van der Waals surface area contributed by atoms with Gasteiger partial charge in [-0.2, -0.15) is 0 Å². The molecule has 0 atom stereocenters. The van der Waals surface area contributed by atoms with Gasteiger partial charge in [-0.3, -0.25) is 4.98 Å². The molecule has 0 saturated heterocycles. The molecule has 6 heteroatoms. The summed E-state index contributed by atoms with van der Waals surface area (Å²) in [6.07, 6.45) is 3.45. The van der Waals surface area contributed by atoms with Crippen LogP contribution in [0.5, 0.6) is 0 Å². The molecule has 0 fully saturated rings. The van der Waals surface area contributed by atoms with E-state index in [1.54, 1.807) is 24.7 Å². The Balaban J connectivity index is 2.17. The summed E-state index contributed by atoms with van der Waals surface area (Å²) >= 11 is 1.39. The Morgan fingerprint density at radius 3 is 3.06 bits per heavy atom. The molecule has 0 aliphatic heterocycles. The third-order valence-corrected chi connectivity index (χ3v) is 3.21. The summed E-state index contributed by atoms with van der Waals surface area (Å²) in [6.45, 7) is 2.12. The number of ether oxygens (including phenoxy) is 1. The minimum atomic E-state index is -0.389. The van der Waals surface area contributed by atoms with Crippen LogP contribution >= 0.6 is 11.3 Å². The molecule has 0 bridgehead atoms. The standard InChI is InChI=1S/C12H13N3O2S/c1-3-17-11(16)10-8-18-12(14-10)15(2)9-5-4-6-13-7-9/h4-8H,3H2,1-2H3. The first-order valence-electron chi connectivity index (χ1n) is 5.48. The number of esters is 1. The molecule has 0 spiro atoms. The van der Waals surface area contributed by atoms with Gasteiger partial charge in [0.2, 0.25) is 0 Å². The van der Waals surface area contributed by atoms with Crippen LogP contribution in [0, 0.1) is 0 Å². The lowest BCUT2D eigenvalue weighted by Gasteiger charge is -2.14. The van der Waals surface area contributed by atoms with Crippen LogP contribution in [-0.4, -0.2) is 29.6 Å². The Morgan fingerprint density at radius 1 is 1.56 bits per heavy atom. The van der Waals surface area contributed by atoms with E-state index in [4.69, 9.17) is 4.74 Å². The van der Waals surface area contributed by atoms with Crippen LogP contribution in [-0.2, 0) is 4.74 Å². The number of hydrogen-bond donors (Lipinski definition) is 0. The monoisotopic (exact) mass is 263 g/mol. The van der Waals surface area contributed by atoms with Gasteiger partial charge in [-0.05, 0) is 19.1 Å². The van der Waals surface area contributed by atoms with Gasteiger partial charge in [0.15, 0.2) is 10.8 Å². The summed E-state index contributed by atoms with van der Waals surface area (Å²) in [5, 5.41) is 2.42. The number of pyridine rings is 1. The zero-order valence-corrected chi connectivity index (χ0v) is 11.0. The molecule has 2 aromatic heterocycles. The number of carbonyl (C=O) groups is 1. The summed E-state index contributed by atoms with van der Waals surface area (Å²) in [6, 6.07) is 3.78. The van der Waals surface area contributed by atoms with Crippen LogP contribution in [0.15, 0.2) is 29.9 Å². The Kier molecular flexibility index (Phi) is 3.88. The molecule has 0 radical (unpaired) electrons. The number of hydrogen-bond acceptors (Lipinski definition) is 6. The van der Waals surface area contributed by atoms with Crippen molar-refractivity contribution in [1.29, 1.82) is 0 Å². The molecule has 0 N–H and O–H groups in total. The summed E-state index contributed by atoms with van der Waals surface area (Å²) < 4.78 is 4.90. The van der Waals surface area contributed by atoms with E-state index in [1.165, 1.54) is 11.3 Å². The fourth-order valence-corrected chi connectivity index (χ4v) is 2.16. The first kappa shape index (κ1) is 12.5.